The smallest absolute Gasteiger partial charge is 0.337 e. The molecule has 94 valence electrons. The molecule has 1 aliphatic heterocycles. The van der Waals surface area contributed by atoms with E-state index in [0.717, 1.165) is 12.0 Å². The first-order valence-corrected chi connectivity index (χ1v) is 5.98. The van der Waals surface area contributed by atoms with Gasteiger partial charge < -0.3 is 14.2 Å². The van der Waals surface area contributed by atoms with E-state index in [1.807, 2.05) is 0 Å². The average molecular weight is 259 g/mol. The number of hydrogen-bond acceptors (Lipinski definition) is 4. The lowest BCUT2D eigenvalue weighted by Gasteiger charge is -2.33. The van der Waals surface area contributed by atoms with Crippen LogP contribution in [-0.2, 0) is 19.0 Å². The van der Waals surface area contributed by atoms with Crippen molar-refractivity contribution in [2.75, 3.05) is 20.1 Å². The second-order valence-electron chi connectivity index (χ2n) is 4.09. The fourth-order valence-electron chi connectivity index (χ4n) is 2.48. The van der Waals surface area contributed by atoms with Crippen molar-refractivity contribution in [2.24, 2.45) is 11.8 Å². The molecule has 0 fully saturated rings. The Morgan fingerprint density at radius 3 is 2.94 bits per heavy atom. The van der Waals surface area contributed by atoms with Gasteiger partial charge in [0, 0.05) is 18.9 Å². The lowest BCUT2D eigenvalue weighted by molar-refractivity contribution is -0.146. The van der Waals surface area contributed by atoms with Crippen LogP contribution in [-0.4, -0.2) is 32.4 Å². The van der Waals surface area contributed by atoms with Gasteiger partial charge in [-0.15, -0.1) is 11.6 Å². The van der Waals surface area contributed by atoms with Crippen molar-refractivity contribution < 1.29 is 19.0 Å². The van der Waals surface area contributed by atoms with Gasteiger partial charge in [0.25, 0.3) is 0 Å². The number of ether oxygens (including phenoxy) is 3. The maximum atomic E-state index is 11.6. The first-order valence-electron chi connectivity index (χ1n) is 5.44. The third-order valence-corrected chi connectivity index (χ3v) is 3.63. The first kappa shape index (κ1) is 12.5. The maximum absolute atomic E-state index is 11.6. The van der Waals surface area contributed by atoms with E-state index in [1.54, 1.807) is 7.11 Å². The summed E-state index contributed by atoms with van der Waals surface area (Å²) in [5.74, 6) is 0.143. The zero-order chi connectivity index (χ0) is 12.4. The lowest BCUT2D eigenvalue weighted by atomic mass is 9.84. The Balaban J connectivity index is 2.27. The molecule has 0 bridgehead atoms. The van der Waals surface area contributed by atoms with Crippen molar-refractivity contribution >= 4 is 17.6 Å². The molecule has 2 rings (SSSR count). The summed E-state index contributed by atoms with van der Waals surface area (Å²) in [5, 5.41) is 0. The van der Waals surface area contributed by atoms with E-state index in [4.69, 9.17) is 25.8 Å². The molecule has 0 saturated heterocycles. The van der Waals surface area contributed by atoms with E-state index in [2.05, 4.69) is 6.08 Å². The molecular weight excluding hydrogens is 244 g/mol. The van der Waals surface area contributed by atoms with Gasteiger partial charge in [0.05, 0.1) is 24.9 Å². The van der Waals surface area contributed by atoms with Crippen LogP contribution in [0.3, 0.4) is 0 Å². The van der Waals surface area contributed by atoms with Gasteiger partial charge in [-0.3, -0.25) is 0 Å². The van der Waals surface area contributed by atoms with Crippen molar-refractivity contribution in [1.82, 2.24) is 0 Å². The van der Waals surface area contributed by atoms with Gasteiger partial charge in [0.1, 0.15) is 0 Å². The van der Waals surface area contributed by atoms with Gasteiger partial charge in [-0.2, -0.15) is 0 Å². The summed E-state index contributed by atoms with van der Waals surface area (Å²) in [4.78, 5) is 11.6. The van der Waals surface area contributed by atoms with Gasteiger partial charge in [0.2, 0.25) is 6.29 Å². The van der Waals surface area contributed by atoms with Crippen LogP contribution in [0.5, 0.6) is 0 Å². The highest BCUT2D eigenvalue weighted by Gasteiger charge is 2.43. The van der Waals surface area contributed by atoms with E-state index < -0.39 is 0 Å². The van der Waals surface area contributed by atoms with E-state index in [9.17, 15) is 4.79 Å². The quantitative estimate of drug-likeness (QED) is 0.440. The molecule has 2 aliphatic rings. The summed E-state index contributed by atoms with van der Waals surface area (Å²) < 4.78 is 15.5. The highest BCUT2D eigenvalue weighted by molar-refractivity contribution is 6.19. The maximum Gasteiger partial charge on any atom is 0.337 e. The summed E-state index contributed by atoms with van der Waals surface area (Å²) in [6.07, 6.45) is 3.91. The van der Waals surface area contributed by atoms with Gasteiger partial charge in [0.15, 0.2) is 0 Å². The molecule has 0 saturated carbocycles. The fourth-order valence-corrected chi connectivity index (χ4v) is 2.77. The summed E-state index contributed by atoms with van der Waals surface area (Å²) in [5.41, 5.74) is 1.63. The van der Waals surface area contributed by atoms with E-state index in [-0.39, 0.29) is 24.1 Å². The molecule has 0 spiro atoms. The molecule has 1 unspecified atom stereocenters. The van der Waals surface area contributed by atoms with Crippen LogP contribution in [0.1, 0.15) is 6.42 Å². The molecule has 3 atom stereocenters. The average Bonchev–Trinajstić information content (AvgIpc) is 2.80. The fraction of sp³-hybridized carbons (Fsp3) is 0.583. The molecule has 4 nitrogen and oxygen atoms in total. The highest BCUT2D eigenvalue weighted by Crippen LogP contribution is 2.43. The zero-order valence-corrected chi connectivity index (χ0v) is 10.6. The monoisotopic (exact) mass is 258 g/mol. The van der Waals surface area contributed by atoms with Crippen molar-refractivity contribution in [3.8, 4) is 0 Å². The second kappa shape index (κ2) is 5.10. The van der Waals surface area contributed by atoms with Crippen LogP contribution in [0.15, 0.2) is 23.5 Å². The number of halogens is 1. The Morgan fingerprint density at radius 1 is 1.59 bits per heavy atom. The number of carbonyl (C=O) groups excluding carboxylic acids is 1. The normalized spacial score (nSPS) is 31.1. The topological polar surface area (TPSA) is 44.8 Å². The summed E-state index contributed by atoms with van der Waals surface area (Å²) in [6.45, 7) is 0. The van der Waals surface area contributed by atoms with E-state index >= 15 is 0 Å². The van der Waals surface area contributed by atoms with Crippen LogP contribution in [0, 0.1) is 11.8 Å². The summed E-state index contributed by atoms with van der Waals surface area (Å²) in [6, 6.07) is 0. The van der Waals surface area contributed by atoms with Crippen LogP contribution in [0.4, 0.5) is 0 Å². The van der Waals surface area contributed by atoms with Crippen LogP contribution in [0.2, 0.25) is 0 Å². The van der Waals surface area contributed by atoms with Crippen molar-refractivity contribution in [1.29, 1.82) is 0 Å². The Bertz CT molecular complexity index is 375. The number of rotatable bonds is 3. The molecule has 17 heavy (non-hydrogen) atoms. The van der Waals surface area contributed by atoms with Crippen molar-refractivity contribution in [2.45, 2.75) is 12.7 Å². The molecule has 5 heteroatoms. The number of alkyl halides is 1. The SMILES string of the molecule is COC(=O)C1=COC(OC)[C@@H]2C(CCl)=CC[C@H]12. The standard InChI is InChI=1S/C12H15ClO4/c1-15-11(14)9-6-17-12(16-2)10-7(5-13)3-4-8(9)10/h3,6,8,10,12H,4-5H2,1-2H3/t8-,10-,12?/m1/s1. The molecule has 0 N–H and O–H groups in total. The van der Waals surface area contributed by atoms with Crippen LogP contribution >= 0.6 is 11.6 Å². The largest absolute Gasteiger partial charge is 0.471 e. The number of methoxy groups -OCH3 is 2. The Morgan fingerprint density at radius 2 is 2.35 bits per heavy atom. The molecular formula is C12H15ClO4. The zero-order valence-electron chi connectivity index (χ0n) is 9.81. The third-order valence-electron chi connectivity index (χ3n) is 3.33. The summed E-state index contributed by atoms with van der Waals surface area (Å²) >= 11 is 5.90. The lowest BCUT2D eigenvalue weighted by Crippen LogP contribution is -2.36. The number of allylic oxidation sites excluding steroid dienone is 1. The minimum Gasteiger partial charge on any atom is -0.471 e. The predicted molar refractivity (Wildman–Crippen MR) is 62.4 cm³/mol. The Labute approximate surface area is 105 Å². The third kappa shape index (κ3) is 2.07. The molecule has 0 radical (unpaired) electrons. The van der Waals surface area contributed by atoms with Gasteiger partial charge in [-0.1, -0.05) is 6.08 Å². The molecule has 0 amide bonds. The molecule has 1 aliphatic carbocycles. The molecule has 1 heterocycles. The minimum absolute atomic E-state index is 0.0107. The predicted octanol–water partition coefficient (Wildman–Crippen LogP) is 1.85. The minimum atomic E-state index is -0.374. The Hall–Kier alpha value is -1.00. The number of carbonyl (C=O) groups is 1. The first-order chi connectivity index (χ1) is 8.22. The van der Waals surface area contributed by atoms with E-state index in [0.29, 0.717) is 11.5 Å². The number of fused-ring (bicyclic) bond motifs is 1. The van der Waals surface area contributed by atoms with Crippen LogP contribution < -0.4 is 0 Å². The second-order valence-corrected chi connectivity index (χ2v) is 4.35. The van der Waals surface area contributed by atoms with Gasteiger partial charge in [-0.05, 0) is 12.0 Å². The Kier molecular flexibility index (Phi) is 3.74. The molecule has 0 aromatic heterocycles. The van der Waals surface area contributed by atoms with Gasteiger partial charge >= 0.3 is 5.97 Å². The highest BCUT2D eigenvalue weighted by atomic mass is 35.5. The molecule has 0 aromatic carbocycles. The summed E-state index contributed by atoms with van der Waals surface area (Å²) in [7, 11) is 2.95. The van der Waals surface area contributed by atoms with E-state index in [1.165, 1.54) is 13.4 Å². The number of esters is 1. The number of hydrogen-bond donors (Lipinski definition) is 0. The van der Waals surface area contributed by atoms with Crippen molar-refractivity contribution in [3.63, 3.8) is 0 Å². The molecule has 0 aromatic rings. The van der Waals surface area contributed by atoms with Gasteiger partial charge in [-0.25, -0.2) is 4.79 Å². The van der Waals surface area contributed by atoms with Crippen LogP contribution in [0.25, 0.3) is 0 Å². The van der Waals surface area contributed by atoms with Crippen molar-refractivity contribution in [3.05, 3.63) is 23.5 Å².